The van der Waals surface area contributed by atoms with E-state index in [9.17, 15) is 29.1 Å². The molecule has 0 heterocycles. The van der Waals surface area contributed by atoms with Crippen LogP contribution in [0.15, 0.2) is 30.3 Å². The molecule has 1 rings (SSSR count). The average Bonchev–Trinajstić information content (AvgIpc) is 2.83. The minimum Gasteiger partial charge on any atom is -0.481 e. The molecule has 0 saturated heterocycles. The molecule has 5 atom stereocenters. The first kappa shape index (κ1) is 30.6. The SMILES string of the molecule is CCC(C)C(NC(=O)C(N)C(C)C)C(=O)NC(Cc1ccccc1)C(=O)NC(CCC(=O)O)C(=O)O. The normalized spacial score (nSPS) is 15.2. The Balaban J connectivity index is 3.15. The number of carboxylic acid groups (broad SMARTS) is 2. The summed E-state index contributed by atoms with van der Waals surface area (Å²) in [6.45, 7) is 7.20. The second-order valence-corrected chi connectivity index (χ2v) is 9.22. The van der Waals surface area contributed by atoms with Crippen LogP contribution < -0.4 is 21.7 Å². The van der Waals surface area contributed by atoms with Gasteiger partial charge in [-0.25, -0.2) is 4.79 Å². The number of hydrogen-bond acceptors (Lipinski definition) is 6. The largest absolute Gasteiger partial charge is 0.481 e. The number of carbonyl (C=O) groups is 5. The molecule has 0 spiro atoms. The molecule has 36 heavy (non-hydrogen) atoms. The van der Waals surface area contributed by atoms with Crippen LogP contribution in [0.2, 0.25) is 0 Å². The highest BCUT2D eigenvalue weighted by Crippen LogP contribution is 2.12. The summed E-state index contributed by atoms with van der Waals surface area (Å²) in [5, 5.41) is 26.0. The first-order valence-corrected chi connectivity index (χ1v) is 12.0. The van der Waals surface area contributed by atoms with Gasteiger partial charge in [-0.2, -0.15) is 0 Å². The highest BCUT2D eigenvalue weighted by Gasteiger charge is 2.33. The topological polar surface area (TPSA) is 188 Å². The van der Waals surface area contributed by atoms with E-state index in [1.165, 1.54) is 0 Å². The van der Waals surface area contributed by atoms with E-state index in [1.54, 1.807) is 51.1 Å². The molecule has 11 nitrogen and oxygen atoms in total. The average molecular weight is 507 g/mol. The van der Waals surface area contributed by atoms with Gasteiger partial charge in [0.15, 0.2) is 0 Å². The summed E-state index contributed by atoms with van der Waals surface area (Å²) in [5.41, 5.74) is 6.64. The molecular weight excluding hydrogens is 468 g/mol. The second-order valence-electron chi connectivity index (χ2n) is 9.22. The van der Waals surface area contributed by atoms with Crippen molar-refractivity contribution in [1.29, 1.82) is 0 Å². The van der Waals surface area contributed by atoms with Crippen molar-refractivity contribution < 1.29 is 34.2 Å². The van der Waals surface area contributed by atoms with Gasteiger partial charge in [-0.15, -0.1) is 0 Å². The fourth-order valence-corrected chi connectivity index (χ4v) is 3.37. The molecule has 11 heteroatoms. The van der Waals surface area contributed by atoms with Gasteiger partial charge in [0, 0.05) is 12.8 Å². The zero-order chi connectivity index (χ0) is 27.4. The molecule has 1 aromatic rings. The minimum atomic E-state index is -1.45. The maximum Gasteiger partial charge on any atom is 0.326 e. The van der Waals surface area contributed by atoms with Crippen LogP contribution in [0.1, 0.15) is 52.5 Å². The molecule has 0 aliphatic rings. The molecule has 3 amide bonds. The Bertz CT molecular complexity index is 907. The summed E-state index contributed by atoms with van der Waals surface area (Å²) in [5.74, 6) is -4.90. The van der Waals surface area contributed by atoms with Crippen LogP contribution in [0.3, 0.4) is 0 Å². The Kier molecular flexibility index (Phi) is 12.6. The van der Waals surface area contributed by atoms with Gasteiger partial charge in [-0.05, 0) is 23.8 Å². The lowest BCUT2D eigenvalue weighted by molar-refractivity contribution is -0.143. The number of nitrogens with one attached hydrogen (secondary N) is 3. The van der Waals surface area contributed by atoms with Crippen molar-refractivity contribution in [2.45, 2.75) is 77.5 Å². The lowest BCUT2D eigenvalue weighted by Gasteiger charge is -2.28. The maximum absolute atomic E-state index is 13.3. The molecular formula is C25H38N4O7. The maximum atomic E-state index is 13.3. The summed E-state index contributed by atoms with van der Waals surface area (Å²) in [6, 6.07) is 4.40. The Morgan fingerprint density at radius 2 is 1.44 bits per heavy atom. The van der Waals surface area contributed by atoms with Gasteiger partial charge in [0.1, 0.15) is 18.1 Å². The summed E-state index contributed by atoms with van der Waals surface area (Å²) < 4.78 is 0. The number of amides is 3. The number of hydrogen-bond donors (Lipinski definition) is 6. The molecule has 0 aromatic heterocycles. The minimum absolute atomic E-state index is 0.0519. The molecule has 0 saturated carbocycles. The van der Waals surface area contributed by atoms with Crippen molar-refractivity contribution in [3.05, 3.63) is 35.9 Å². The Labute approximate surface area is 211 Å². The fraction of sp³-hybridized carbons (Fsp3) is 0.560. The number of carbonyl (C=O) groups excluding carboxylic acids is 3. The van der Waals surface area contributed by atoms with Crippen LogP contribution in [-0.2, 0) is 30.4 Å². The molecule has 0 bridgehead atoms. The van der Waals surface area contributed by atoms with E-state index in [-0.39, 0.29) is 24.7 Å². The summed E-state index contributed by atoms with van der Waals surface area (Å²) in [4.78, 5) is 61.4. The number of nitrogens with two attached hydrogens (primary N) is 1. The van der Waals surface area contributed by atoms with Gasteiger partial charge in [-0.3, -0.25) is 19.2 Å². The lowest BCUT2D eigenvalue weighted by Crippen LogP contribution is -2.59. The first-order valence-electron chi connectivity index (χ1n) is 12.0. The van der Waals surface area contributed by atoms with Crippen molar-refractivity contribution >= 4 is 29.7 Å². The predicted octanol–water partition coefficient (Wildman–Crippen LogP) is 0.662. The molecule has 5 unspecified atom stereocenters. The van der Waals surface area contributed by atoms with Crippen LogP contribution in [0.25, 0.3) is 0 Å². The molecule has 0 aliphatic carbocycles. The number of aliphatic carboxylic acids is 2. The summed E-state index contributed by atoms with van der Waals surface area (Å²) in [7, 11) is 0. The zero-order valence-electron chi connectivity index (χ0n) is 21.2. The van der Waals surface area contributed by atoms with Crippen LogP contribution in [0, 0.1) is 11.8 Å². The van der Waals surface area contributed by atoms with Crippen LogP contribution in [-0.4, -0.2) is 64.0 Å². The molecule has 0 aliphatic heterocycles. The van der Waals surface area contributed by atoms with Gasteiger partial charge >= 0.3 is 11.9 Å². The molecule has 200 valence electrons. The van der Waals surface area contributed by atoms with Crippen LogP contribution in [0.5, 0.6) is 0 Å². The van der Waals surface area contributed by atoms with E-state index in [4.69, 9.17) is 10.8 Å². The van der Waals surface area contributed by atoms with Crippen LogP contribution >= 0.6 is 0 Å². The monoisotopic (exact) mass is 506 g/mol. The number of rotatable bonds is 15. The van der Waals surface area contributed by atoms with Gasteiger partial charge < -0.3 is 31.9 Å². The smallest absolute Gasteiger partial charge is 0.326 e. The zero-order valence-corrected chi connectivity index (χ0v) is 21.2. The third-order valence-corrected chi connectivity index (χ3v) is 5.99. The Hall–Kier alpha value is -3.47. The van der Waals surface area contributed by atoms with E-state index in [0.29, 0.717) is 12.0 Å². The number of benzene rings is 1. The van der Waals surface area contributed by atoms with Gasteiger partial charge in [-0.1, -0.05) is 64.4 Å². The lowest BCUT2D eigenvalue weighted by atomic mass is 9.96. The van der Waals surface area contributed by atoms with Gasteiger partial charge in [0.05, 0.1) is 6.04 Å². The number of carboxylic acids is 2. The summed E-state index contributed by atoms with van der Waals surface area (Å²) in [6.07, 6.45) is -0.163. The van der Waals surface area contributed by atoms with Crippen molar-refractivity contribution in [3.63, 3.8) is 0 Å². The van der Waals surface area contributed by atoms with E-state index >= 15 is 0 Å². The van der Waals surface area contributed by atoms with Crippen molar-refractivity contribution in [2.24, 2.45) is 17.6 Å². The second kappa shape index (κ2) is 14.8. The molecule has 7 N–H and O–H groups in total. The quantitative estimate of drug-likeness (QED) is 0.200. The first-order chi connectivity index (χ1) is 16.9. The van der Waals surface area contributed by atoms with E-state index < -0.39 is 60.2 Å². The summed E-state index contributed by atoms with van der Waals surface area (Å²) >= 11 is 0. The highest BCUT2D eigenvalue weighted by molar-refractivity contribution is 5.94. The van der Waals surface area contributed by atoms with Crippen LogP contribution in [0.4, 0.5) is 0 Å². The highest BCUT2D eigenvalue weighted by atomic mass is 16.4. The van der Waals surface area contributed by atoms with Crippen molar-refractivity contribution in [2.75, 3.05) is 0 Å². The van der Waals surface area contributed by atoms with Crippen molar-refractivity contribution in [1.82, 2.24) is 16.0 Å². The molecule has 0 fully saturated rings. The Morgan fingerprint density at radius 1 is 0.861 bits per heavy atom. The molecule has 0 radical (unpaired) electrons. The van der Waals surface area contributed by atoms with Crippen molar-refractivity contribution in [3.8, 4) is 0 Å². The van der Waals surface area contributed by atoms with E-state index in [1.807, 2.05) is 6.92 Å². The third-order valence-electron chi connectivity index (χ3n) is 5.99. The van der Waals surface area contributed by atoms with Gasteiger partial charge in [0.25, 0.3) is 0 Å². The predicted molar refractivity (Wildman–Crippen MR) is 133 cm³/mol. The third kappa shape index (κ3) is 10.0. The Morgan fingerprint density at radius 3 is 1.94 bits per heavy atom. The van der Waals surface area contributed by atoms with E-state index in [2.05, 4.69) is 16.0 Å². The standard InChI is InChI=1S/C25H38N4O7/c1-5-15(4)21(29-23(33)20(26)14(2)3)24(34)28-18(13-16-9-7-6-8-10-16)22(32)27-17(25(35)36)11-12-19(30)31/h6-10,14-15,17-18,20-21H,5,11-13,26H2,1-4H3,(H,27,32)(H,28,34)(H,29,33)(H,30,31)(H,35,36). The fourth-order valence-electron chi connectivity index (χ4n) is 3.37. The molecule has 1 aromatic carbocycles. The van der Waals surface area contributed by atoms with Gasteiger partial charge in [0.2, 0.25) is 17.7 Å². The van der Waals surface area contributed by atoms with E-state index in [0.717, 1.165) is 0 Å².